The molecular weight excluding hydrogens is 508 g/mol. The largest absolute Gasteiger partial charge is 0.508 e. The first-order valence-corrected chi connectivity index (χ1v) is 12.4. The molecule has 0 spiro atoms. The van der Waals surface area contributed by atoms with Crippen molar-refractivity contribution in [3.8, 4) is 51.6 Å². The van der Waals surface area contributed by atoms with Crippen molar-refractivity contribution in [3.63, 3.8) is 0 Å². The molecule has 1 aliphatic rings. The number of phenolic OH excluding ortho intramolecular Hbond substituents is 1. The number of hydrogen-bond acceptors (Lipinski definition) is 10. The molecule has 204 valence electrons. The molecule has 5 rings (SSSR count). The second-order valence-corrected chi connectivity index (χ2v) is 8.74. The predicted octanol–water partition coefficient (Wildman–Crippen LogP) is 4.55. The lowest BCUT2D eigenvalue weighted by Gasteiger charge is -2.33. The number of aliphatic hydroxyl groups is 1. The number of phenols is 1. The van der Waals surface area contributed by atoms with Gasteiger partial charge in [0.15, 0.2) is 41.0 Å². The number of fused-ring (bicyclic) bond motifs is 2. The Morgan fingerprint density at radius 2 is 1.64 bits per heavy atom. The second kappa shape index (κ2) is 10.7. The summed E-state index contributed by atoms with van der Waals surface area (Å²) < 4.78 is 34.7. The molecule has 39 heavy (non-hydrogen) atoms. The maximum Gasteiger partial charge on any atom is 0.238 e. The summed E-state index contributed by atoms with van der Waals surface area (Å²) >= 11 is 0. The number of benzene rings is 3. The van der Waals surface area contributed by atoms with E-state index in [-0.39, 0.29) is 41.4 Å². The second-order valence-electron chi connectivity index (χ2n) is 8.74. The highest BCUT2D eigenvalue weighted by Gasteiger charge is 2.34. The molecule has 2 heterocycles. The van der Waals surface area contributed by atoms with E-state index in [1.54, 1.807) is 43.3 Å². The Labute approximate surface area is 223 Å². The Morgan fingerprint density at radius 3 is 2.36 bits per heavy atom. The summed E-state index contributed by atoms with van der Waals surface area (Å²) in [6, 6.07) is 12.6. The Morgan fingerprint density at radius 1 is 0.872 bits per heavy atom. The zero-order valence-corrected chi connectivity index (χ0v) is 21.6. The van der Waals surface area contributed by atoms with E-state index < -0.39 is 23.4 Å². The van der Waals surface area contributed by atoms with Crippen molar-refractivity contribution >= 4 is 11.0 Å². The van der Waals surface area contributed by atoms with E-state index in [9.17, 15) is 20.1 Å². The highest BCUT2D eigenvalue weighted by molar-refractivity contribution is 5.88. The summed E-state index contributed by atoms with van der Waals surface area (Å²) in [7, 11) is 1.53. The first kappa shape index (κ1) is 26.1. The minimum absolute atomic E-state index is 0.0174. The average molecular weight is 537 g/mol. The lowest BCUT2D eigenvalue weighted by atomic mass is 10.0. The van der Waals surface area contributed by atoms with Gasteiger partial charge in [0.1, 0.15) is 22.5 Å². The van der Waals surface area contributed by atoms with E-state index in [0.717, 1.165) is 0 Å². The lowest BCUT2D eigenvalue weighted by molar-refractivity contribution is -0.0123. The van der Waals surface area contributed by atoms with Gasteiger partial charge in [-0.1, -0.05) is 6.07 Å². The zero-order valence-electron chi connectivity index (χ0n) is 21.6. The van der Waals surface area contributed by atoms with Crippen LogP contribution in [0.15, 0.2) is 57.7 Å². The molecule has 2 atom stereocenters. The van der Waals surface area contributed by atoms with Crippen molar-refractivity contribution < 1.29 is 43.4 Å². The number of methoxy groups -OCH3 is 1. The Kier molecular flexibility index (Phi) is 7.12. The molecule has 2 unspecified atom stereocenters. The molecule has 0 saturated heterocycles. The molecule has 4 aromatic rings. The van der Waals surface area contributed by atoms with E-state index in [2.05, 4.69) is 0 Å². The van der Waals surface area contributed by atoms with Crippen LogP contribution in [-0.4, -0.2) is 48.4 Å². The highest BCUT2D eigenvalue weighted by atomic mass is 16.6. The van der Waals surface area contributed by atoms with Crippen molar-refractivity contribution in [3.05, 3.63) is 64.3 Å². The lowest BCUT2D eigenvalue weighted by Crippen LogP contribution is -2.36. The van der Waals surface area contributed by atoms with E-state index >= 15 is 0 Å². The van der Waals surface area contributed by atoms with Crippen LogP contribution in [0.2, 0.25) is 0 Å². The molecule has 0 radical (unpaired) electrons. The third-order valence-corrected chi connectivity index (χ3v) is 6.29. The van der Waals surface area contributed by atoms with Crippen LogP contribution in [0.1, 0.15) is 25.5 Å². The van der Waals surface area contributed by atoms with Gasteiger partial charge in [-0.25, -0.2) is 0 Å². The van der Waals surface area contributed by atoms with Gasteiger partial charge in [-0.05, 0) is 44.2 Å². The third-order valence-electron chi connectivity index (χ3n) is 6.29. The van der Waals surface area contributed by atoms with Crippen LogP contribution in [0.4, 0.5) is 0 Å². The fourth-order valence-corrected chi connectivity index (χ4v) is 4.55. The van der Waals surface area contributed by atoms with Crippen molar-refractivity contribution in [1.82, 2.24) is 0 Å². The van der Waals surface area contributed by atoms with Crippen molar-refractivity contribution in [1.29, 1.82) is 0 Å². The molecule has 3 aromatic carbocycles. The molecule has 0 saturated carbocycles. The van der Waals surface area contributed by atoms with Crippen molar-refractivity contribution in [2.24, 2.45) is 0 Å². The summed E-state index contributed by atoms with van der Waals surface area (Å²) in [6.45, 7) is 4.02. The first-order valence-electron chi connectivity index (χ1n) is 12.4. The smallest absolute Gasteiger partial charge is 0.238 e. The third kappa shape index (κ3) is 4.74. The minimum Gasteiger partial charge on any atom is -0.508 e. The summed E-state index contributed by atoms with van der Waals surface area (Å²) in [4.78, 5) is 13.1. The van der Waals surface area contributed by atoms with Crippen LogP contribution in [0.5, 0.6) is 40.2 Å². The molecule has 0 fully saturated rings. The quantitative estimate of drug-likeness (QED) is 0.294. The van der Waals surface area contributed by atoms with Gasteiger partial charge in [-0.3, -0.25) is 4.79 Å². The molecule has 0 aliphatic carbocycles. The Balaban J connectivity index is 1.56. The standard InChI is InChI=1S/C29H28O10/c1-4-35-18-8-6-15(10-20(18)34-3)28-24(14-30)37-19-9-7-16(11-21(19)38-28)29-27(33)26(32)25-22(36-5-2)12-17(31)13-23(25)39-29/h6-13,24,28,30-31,33H,4-5,14H2,1-3H3. The van der Waals surface area contributed by atoms with Crippen LogP contribution < -0.4 is 29.1 Å². The molecule has 10 nitrogen and oxygen atoms in total. The van der Waals surface area contributed by atoms with E-state index in [0.29, 0.717) is 40.7 Å². The van der Waals surface area contributed by atoms with Crippen LogP contribution in [0.25, 0.3) is 22.3 Å². The summed E-state index contributed by atoms with van der Waals surface area (Å²) in [5, 5.41) is 30.9. The van der Waals surface area contributed by atoms with Crippen molar-refractivity contribution in [2.75, 3.05) is 26.9 Å². The maximum atomic E-state index is 13.1. The van der Waals surface area contributed by atoms with Gasteiger partial charge in [0.05, 0.1) is 26.9 Å². The fraction of sp³-hybridized carbons (Fsp3) is 0.276. The number of hydrogen-bond donors (Lipinski definition) is 3. The molecule has 10 heteroatoms. The molecule has 1 aliphatic heterocycles. The number of ether oxygens (including phenoxy) is 5. The highest BCUT2D eigenvalue weighted by Crippen LogP contribution is 2.44. The first-order chi connectivity index (χ1) is 18.9. The fourth-order valence-electron chi connectivity index (χ4n) is 4.55. The van der Waals surface area contributed by atoms with Crippen LogP contribution in [-0.2, 0) is 0 Å². The Hall–Kier alpha value is -4.57. The van der Waals surface area contributed by atoms with E-state index in [1.807, 2.05) is 6.92 Å². The number of rotatable bonds is 8. The van der Waals surface area contributed by atoms with Crippen molar-refractivity contribution in [2.45, 2.75) is 26.1 Å². The SMILES string of the molecule is CCOc1ccc(C2Oc3cc(-c4oc5cc(O)cc(OCC)c5c(=O)c4O)ccc3OC2CO)cc1OC. The van der Waals surface area contributed by atoms with Gasteiger partial charge in [0, 0.05) is 23.3 Å². The van der Waals surface area contributed by atoms with Crippen LogP contribution in [0.3, 0.4) is 0 Å². The summed E-state index contributed by atoms with van der Waals surface area (Å²) in [5.41, 5.74) is 0.361. The molecular formula is C29H28O10. The minimum atomic E-state index is -0.710. The van der Waals surface area contributed by atoms with E-state index in [4.69, 9.17) is 28.1 Å². The van der Waals surface area contributed by atoms with Crippen LogP contribution in [0, 0.1) is 0 Å². The van der Waals surface area contributed by atoms with E-state index in [1.165, 1.54) is 19.2 Å². The summed E-state index contributed by atoms with van der Waals surface area (Å²) in [5.74, 6) is 0.970. The maximum absolute atomic E-state index is 13.1. The van der Waals surface area contributed by atoms with Gasteiger partial charge >= 0.3 is 0 Å². The molecule has 0 bridgehead atoms. The van der Waals surface area contributed by atoms with Gasteiger partial charge in [-0.2, -0.15) is 0 Å². The van der Waals surface area contributed by atoms with Gasteiger partial charge in [0.2, 0.25) is 11.2 Å². The zero-order chi connectivity index (χ0) is 27.7. The Bertz CT molecular complexity index is 1580. The predicted molar refractivity (Wildman–Crippen MR) is 141 cm³/mol. The number of aromatic hydroxyl groups is 2. The molecule has 1 aromatic heterocycles. The normalized spacial score (nSPS) is 16.2. The number of aliphatic hydroxyl groups excluding tert-OH is 1. The molecule has 0 amide bonds. The molecule has 3 N–H and O–H groups in total. The van der Waals surface area contributed by atoms with Gasteiger partial charge < -0.3 is 43.4 Å². The average Bonchev–Trinajstić information content (AvgIpc) is 2.94. The van der Waals surface area contributed by atoms with Gasteiger partial charge in [-0.15, -0.1) is 0 Å². The van der Waals surface area contributed by atoms with Crippen LogP contribution >= 0.6 is 0 Å². The topological polar surface area (TPSA) is 137 Å². The van der Waals surface area contributed by atoms with Gasteiger partial charge in [0.25, 0.3) is 0 Å². The summed E-state index contributed by atoms with van der Waals surface area (Å²) in [6.07, 6.45) is -1.41. The monoisotopic (exact) mass is 536 g/mol.